The summed E-state index contributed by atoms with van der Waals surface area (Å²) in [6.45, 7) is 6.11. The van der Waals surface area contributed by atoms with Gasteiger partial charge in [-0.3, -0.25) is 0 Å². The average Bonchev–Trinajstić information content (AvgIpc) is 3.09. The molecule has 0 amide bonds. The van der Waals surface area contributed by atoms with E-state index < -0.39 is 0 Å². The van der Waals surface area contributed by atoms with Crippen LogP contribution >= 0.6 is 22.9 Å². The molecule has 0 radical (unpaired) electrons. The molecule has 0 aliphatic carbocycles. The van der Waals surface area contributed by atoms with Crippen LogP contribution in [-0.2, 0) is 4.74 Å². The first kappa shape index (κ1) is 16.6. The molecule has 3 nitrogen and oxygen atoms in total. The Labute approximate surface area is 135 Å². The fraction of sp³-hybridized carbons (Fsp3) is 0.500. The van der Waals surface area contributed by atoms with Crippen LogP contribution in [0.3, 0.4) is 0 Å². The van der Waals surface area contributed by atoms with E-state index in [1.54, 1.807) is 24.7 Å². The van der Waals surface area contributed by atoms with Crippen LogP contribution in [0.1, 0.15) is 36.9 Å². The third-order valence-electron chi connectivity index (χ3n) is 3.47. The first-order valence-corrected chi connectivity index (χ1v) is 8.22. The molecule has 116 valence electrons. The molecule has 0 saturated heterocycles. The Morgan fingerprint density at radius 2 is 2.19 bits per heavy atom. The predicted molar refractivity (Wildman–Crippen MR) is 88.2 cm³/mol. The SMILES string of the molecule is COCCC(C)(C)CNC(c1ccco1)c1ccc(Cl)s1. The van der Waals surface area contributed by atoms with Gasteiger partial charge in [0.2, 0.25) is 0 Å². The maximum absolute atomic E-state index is 6.07. The van der Waals surface area contributed by atoms with Gasteiger partial charge >= 0.3 is 0 Å². The van der Waals surface area contributed by atoms with E-state index >= 15 is 0 Å². The molecule has 0 aromatic carbocycles. The maximum Gasteiger partial charge on any atom is 0.126 e. The topological polar surface area (TPSA) is 34.4 Å². The van der Waals surface area contributed by atoms with Crippen molar-refractivity contribution in [1.29, 1.82) is 0 Å². The molecule has 0 fully saturated rings. The number of hydrogen-bond donors (Lipinski definition) is 1. The van der Waals surface area contributed by atoms with E-state index in [0.29, 0.717) is 0 Å². The molecule has 2 heterocycles. The monoisotopic (exact) mass is 327 g/mol. The minimum Gasteiger partial charge on any atom is -0.467 e. The van der Waals surface area contributed by atoms with Crippen molar-refractivity contribution in [2.24, 2.45) is 5.41 Å². The Bertz CT molecular complexity index is 536. The van der Waals surface area contributed by atoms with Crippen LogP contribution in [0.4, 0.5) is 0 Å². The van der Waals surface area contributed by atoms with E-state index in [-0.39, 0.29) is 11.5 Å². The van der Waals surface area contributed by atoms with Gasteiger partial charge in [0.05, 0.1) is 10.6 Å². The van der Waals surface area contributed by atoms with Gasteiger partial charge in [0.15, 0.2) is 0 Å². The van der Waals surface area contributed by atoms with Crippen molar-refractivity contribution in [2.75, 3.05) is 20.3 Å². The maximum atomic E-state index is 6.07. The first-order valence-electron chi connectivity index (χ1n) is 7.03. The molecule has 21 heavy (non-hydrogen) atoms. The Morgan fingerprint density at radius 1 is 1.38 bits per heavy atom. The zero-order valence-electron chi connectivity index (χ0n) is 12.7. The van der Waals surface area contributed by atoms with Gasteiger partial charge < -0.3 is 14.5 Å². The van der Waals surface area contributed by atoms with Crippen molar-refractivity contribution in [1.82, 2.24) is 5.32 Å². The molecule has 0 bridgehead atoms. The van der Waals surface area contributed by atoms with E-state index in [9.17, 15) is 0 Å². The molecule has 1 N–H and O–H groups in total. The lowest BCUT2D eigenvalue weighted by Crippen LogP contribution is -2.33. The zero-order chi connectivity index (χ0) is 15.3. The van der Waals surface area contributed by atoms with Gasteiger partial charge in [-0.1, -0.05) is 25.4 Å². The third kappa shape index (κ3) is 4.85. The molecule has 2 aromatic rings. The molecule has 0 aliphatic heterocycles. The van der Waals surface area contributed by atoms with E-state index in [4.69, 9.17) is 20.8 Å². The number of halogens is 1. The van der Waals surface area contributed by atoms with Crippen LogP contribution in [-0.4, -0.2) is 20.3 Å². The summed E-state index contributed by atoms with van der Waals surface area (Å²) < 4.78 is 11.6. The van der Waals surface area contributed by atoms with Crippen LogP contribution in [0.2, 0.25) is 4.34 Å². The van der Waals surface area contributed by atoms with E-state index in [1.807, 2.05) is 18.2 Å². The number of thiophene rings is 1. The van der Waals surface area contributed by atoms with E-state index in [1.165, 1.54) is 0 Å². The highest BCUT2D eigenvalue weighted by Gasteiger charge is 2.23. The number of methoxy groups -OCH3 is 1. The lowest BCUT2D eigenvalue weighted by molar-refractivity contribution is 0.149. The molecular weight excluding hydrogens is 306 g/mol. The van der Waals surface area contributed by atoms with E-state index in [0.717, 1.165) is 34.5 Å². The normalized spacial score (nSPS) is 13.5. The lowest BCUT2D eigenvalue weighted by Gasteiger charge is -2.27. The van der Waals surface area contributed by atoms with E-state index in [2.05, 4.69) is 25.2 Å². The van der Waals surface area contributed by atoms with Crippen LogP contribution in [0.5, 0.6) is 0 Å². The lowest BCUT2D eigenvalue weighted by atomic mass is 9.89. The molecule has 0 saturated carbocycles. The largest absolute Gasteiger partial charge is 0.467 e. The predicted octanol–water partition coefficient (Wildman–Crippen LogP) is 4.74. The summed E-state index contributed by atoms with van der Waals surface area (Å²) in [5.41, 5.74) is 0.155. The molecule has 0 aliphatic rings. The second kappa shape index (κ2) is 7.45. The number of rotatable bonds is 8. The summed E-state index contributed by atoms with van der Waals surface area (Å²) in [6, 6.07) is 7.92. The fourth-order valence-electron chi connectivity index (χ4n) is 2.13. The molecular formula is C16H22ClNO2S. The van der Waals surface area contributed by atoms with Gasteiger partial charge in [-0.25, -0.2) is 0 Å². The molecule has 1 atom stereocenters. The van der Waals surface area contributed by atoms with Gasteiger partial charge in [0.1, 0.15) is 11.8 Å². The van der Waals surface area contributed by atoms with Gasteiger partial charge in [-0.05, 0) is 36.1 Å². The molecule has 5 heteroatoms. The van der Waals surface area contributed by atoms with Gasteiger partial charge in [0.25, 0.3) is 0 Å². The summed E-state index contributed by atoms with van der Waals surface area (Å²) in [7, 11) is 1.74. The summed E-state index contributed by atoms with van der Waals surface area (Å²) in [4.78, 5) is 1.16. The van der Waals surface area contributed by atoms with Crippen LogP contribution < -0.4 is 5.32 Å². The summed E-state index contributed by atoms with van der Waals surface area (Å²) in [6.07, 6.45) is 2.71. The number of hydrogen-bond acceptors (Lipinski definition) is 4. The highest BCUT2D eigenvalue weighted by Crippen LogP contribution is 2.32. The van der Waals surface area contributed by atoms with Gasteiger partial charge in [-0.15, -0.1) is 11.3 Å². The van der Waals surface area contributed by atoms with Crippen LogP contribution in [0.25, 0.3) is 0 Å². The average molecular weight is 328 g/mol. The third-order valence-corrected chi connectivity index (χ3v) is 4.77. The van der Waals surface area contributed by atoms with Crippen molar-refractivity contribution in [3.63, 3.8) is 0 Å². The second-order valence-corrected chi connectivity index (χ2v) is 7.62. The number of ether oxygens (including phenoxy) is 1. The molecule has 2 rings (SSSR count). The standard InChI is InChI=1S/C16H22ClNO2S/c1-16(2,8-10-19-3)11-18-15(12-5-4-9-20-12)13-6-7-14(17)21-13/h4-7,9,15,18H,8,10-11H2,1-3H3. The van der Waals surface area contributed by atoms with Crippen LogP contribution in [0, 0.1) is 5.41 Å². The smallest absolute Gasteiger partial charge is 0.126 e. The van der Waals surface area contributed by atoms with Crippen molar-refractivity contribution < 1.29 is 9.15 Å². The summed E-state index contributed by atoms with van der Waals surface area (Å²) in [5, 5.41) is 3.60. The minimum absolute atomic E-state index is 0.0410. The fourth-order valence-corrected chi connectivity index (χ4v) is 3.27. The second-order valence-electron chi connectivity index (χ2n) is 5.88. The Balaban J connectivity index is 2.07. The first-order chi connectivity index (χ1) is 10.0. The van der Waals surface area contributed by atoms with Gasteiger partial charge in [0, 0.05) is 25.1 Å². The van der Waals surface area contributed by atoms with Crippen molar-refractivity contribution in [2.45, 2.75) is 26.3 Å². The quantitative estimate of drug-likeness (QED) is 0.760. The Hall–Kier alpha value is -0.810. The highest BCUT2D eigenvalue weighted by molar-refractivity contribution is 7.16. The molecule has 0 spiro atoms. The Kier molecular flexibility index (Phi) is 5.88. The van der Waals surface area contributed by atoms with Crippen molar-refractivity contribution in [3.8, 4) is 0 Å². The minimum atomic E-state index is 0.0410. The molecule has 1 unspecified atom stereocenters. The number of furan rings is 1. The Morgan fingerprint density at radius 3 is 2.76 bits per heavy atom. The molecule has 2 aromatic heterocycles. The van der Waals surface area contributed by atoms with Crippen molar-refractivity contribution >= 4 is 22.9 Å². The van der Waals surface area contributed by atoms with Crippen molar-refractivity contribution in [3.05, 3.63) is 45.5 Å². The van der Waals surface area contributed by atoms with Gasteiger partial charge in [-0.2, -0.15) is 0 Å². The zero-order valence-corrected chi connectivity index (χ0v) is 14.3. The summed E-state index contributed by atoms with van der Waals surface area (Å²) in [5.74, 6) is 0.913. The summed E-state index contributed by atoms with van der Waals surface area (Å²) >= 11 is 7.65. The highest BCUT2D eigenvalue weighted by atomic mass is 35.5. The van der Waals surface area contributed by atoms with Crippen LogP contribution in [0.15, 0.2) is 34.9 Å². The number of nitrogens with one attached hydrogen (secondary N) is 1.